The van der Waals surface area contributed by atoms with Crippen LogP contribution in [0.5, 0.6) is 0 Å². The van der Waals surface area contributed by atoms with E-state index in [4.69, 9.17) is 5.73 Å². The van der Waals surface area contributed by atoms with Gasteiger partial charge in [-0.15, -0.1) is 11.3 Å². The van der Waals surface area contributed by atoms with Crippen molar-refractivity contribution < 1.29 is 18.0 Å². The maximum atomic E-state index is 13.9. The highest BCUT2D eigenvalue weighted by atomic mass is 32.2. The molecule has 3 atom stereocenters. The minimum atomic E-state index is -3.76. The van der Waals surface area contributed by atoms with Crippen LogP contribution in [0.4, 0.5) is 5.13 Å². The first-order valence-corrected chi connectivity index (χ1v) is 17.1. The van der Waals surface area contributed by atoms with Gasteiger partial charge in [0.05, 0.1) is 11.4 Å². The van der Waals surface area contributed by atoms with E-state index in [2.05, 4.69) is 15.0 Å². The summed E-state index contributed by atoms with van der Waals surface area (Å²) >= 11 is 1.55. The van der Waals surface area contributed by atoms with Crippen LogP contribution < -0.4 is 15.8 Å². The van der Waals surface area contributed by atoms with Crippen LogP contribution in [0.1, 0.15) is 73.9 Å². The minimum absolute atomic E-state index is 0.155. The second-order valence-electron chi connectivity index (χ2n) is 11.6. The van der Waals surface area contributed by atoms with Gasteiger partial charge in [0.15, 0.2) is 5.13 Å². The third-order valence-corrected chi connectivity index (χ3v) is 10.9. The number of anilines is 1. The molecule has 40 heavy (non-hydrogen) atoms. The van der Waals surface area contributed by atoms with Crippen LogP contribution >= 0.6 is 11.3 Å². The molecular weight excluding hydrogens is 546 g/mol. The molecule has 2 heterocycles. The molecule has 5 rings (SSSR count). The van der Waals surface area contributed by atoms with Crippen LogP contribution in [0.15, 0.2) is 30.3 Å². The molecule has 1 unspecified atom stereocenters. The molecule has 2 fully saturated rings. The molecule has 11 heteroatoms. The molecule has 3 aliphatic rings. The predicted octanol–water partition coefficient (Wildman–Crippen LogP) is 3.40. The van der Waals surface area contributed by atoms with Gasteiger partial charge in [0, 0.05) is 18.0 Å². The van der Waals surface area contributed by atoms with E-state index in [0.29, 0.717) is 42.5 Å². The number of nitrogens with one attached hydrogen (secondary N) is 2. The summed E-state index contributed by atoms with van der Waals surface area (Å²) in [6, 6.07) is 7.57. The highest BCUT2D eigenvalue weighted by Crippen LogP contribution is 2.31. The van der Waals surface area contributed by atoms with Gasteiger partial charge < -0.3 is 16.0 Å². The van der Waals surface area contributed by atoms with E-state index in [1.165, 1.54) is 11.3 Å². The number of hydrogen-bond acceptors (Lipinski definition) is 7. The fourth-order valence-electron chi connectivity index (χ4n) is 6.52. The van der Waals surface area contributed by atoms with Crippen molar-refractivity contribution in [3.8, 4) is 0 Å². The molecule has 1 saturated heterocycles. The minimum Gasteiger partial charge on any atom is -0.375 e. The van der Waals surface area contributed by atoms with Gasteiger partial charge in [0.1, 0.15) is 12.1 Å². The largest absolute Gasteiger partial charge is 0.375 e. The molecule has 0 spiro atoms. The summed E-state index contributed by atoms with van der Waals surface area (Å²) in [7, 11) is -3.76. The maximum Gasteiger partial charge on any atom is 0.242 e. The van der Waals surface area contributed by atoms with Gasteiger partial charge in [-0.1, -0.05) is 62.4 Å². The molecule has 2 aromatic rings. The maximum absolute atomic E-state index is 13.9. The SMILES string of the molecule is Nc1nc2c(s1)CCC(CNC(=O)[C@@H]1CCCN1C(=O)[C@@H](CC1CCCCC1)NS(=O)(=O)Cc1ccccc1)C2. The van der Waals surface area contributed by atoms with Gasteiger partial charge in [-0.3, -0.25) is 9.59 Å². The zero-order valence-corrected chi connectivity index (χ0v) is 24.6. The third kappa shape index (κ3) is 7.41. The number of fused-ring (bicyclic) bond motifs is 1. The number of nitrogens with zero attached hydrogens (tertiary/aromatic N) is 2. The lowest BCUT2D eigenvalue weighted by atomic mass is 9.84. The molecule has 1 aromatic carbocycles. The van der Waals surface area contributed by atoms with Gasteiger partial charge >= 0.3 is 0 Å². The molecule has 218 valence electrons. The Labute approximate surface area is 241 Å². The number of likely N-dealkylation sites (tertiary alicyclic amines) is 1. The Morgan fingerprint density at radius 2 is 1.82 bits per heavy atom. The number of hydrogen-bond donors (Lipinski definition) is 3. The zero-order chi connectivity index (χ0) is 28.1. The highest BCUT2D eigenvalue weighted by Gasteiger charge is 2.39. The summed E-state index contributed by atoms with van der Waals surface area (Å²) in [6.07, 6.45) is 9.86. The quantitative estimate of drug-likeness (QED) is 0.390. The van der Waals surface area contributed by atoms with Crippen LogP contribution in [0.3, 0.4) is 0 Å². The van der Waals surface area contributed by atoms with Gasteiger partial charge in [0.25, 0.3) is 0 Å². The normalized spacial score (nSPS) is 22.6. The molecule has 1 saturated carbocycles. The topological polar surface area (TPSA) is 134 Å². The van der Waals surface area contributed by atoms with Crippen molar-refractivity contribution in [2.75, 3.05) is 18.8 Å². The Morgan fingerprint density at radius 1 is 1.05 bits per heavy atom. The number of benzene rings is 1. The third-order valence-electron chi connectivity index (χ3n) is 8.57. The smallest absolute Gasteiger partial charge is 0.242 e. The molecule has 2 aliphatic carbocycles. The molecular formula is C29H41N5O4S2. The number of nitrogens with two attached hydrogens (primary N) is 1. The van der Waals surface area contributed by atoms with Crippen molar-refractivity contribution in [2.24, 2.45) is 11.8 Å². The molecule has 4 N–H and O–H groups in total. The Hall–Kier alpha value is -2.50. The summed E-state index contributed by atoms with van der Waals surface area (Å²) in [5, 5.41) is 3.69. The van der Waals surface area contributed by atoms with Gasteiger partial charge in [-0.2, -0.15) is 0 Å². The van der Waals surface area contributed by atoms with Gasteiger partial charge in [-0.05, 0) is 55.9 Å². The van der Waals surface area contributed by atoms with Crippen LogP contribution in [0.2, 0.25) is 0 Å². The molecule has 0 radical (unpaired) electrons. The first-order chi connectivity index (χ1) is 19.3. The van der Waals surface area contributed by atoms with E-state index >= 15 is 0 Å². The van der Waals surface area contributed by atoms with Crippen molar-refractivity contribution in [1.82, 2.24) is 19.9 Å². The average Bonchev–Trinajstić information content (AvgIpc) is 3.57. The standard InChI is InChI=1S/C29H41N5O4S2/c30-29-32-23-17-22(13-14-26(23)39-29)18-31-27(35)25-12-7-15-34(25)28(36)24(16-20-8-3-1-4-9-20)33-40(37,38)19-21-10-5-2-6-11-21/h2,5-6,10-11,20,22,24-25,33H,1,3-4,7-9,12-19H2,(H2,30,32)(H,31,35)/t22?,24-,25+/m1/s1. The lowest BCUT2D eigenvalue weighted by Crippen LogP contribution is -2.54. The fraction of sp³-hybridized carbons (Fsp3) is 0.621. The van der Waals surface area contributed by atoms with Gasteiger partial charge in [0.2, 0.25) is 21.8 Å². The monoisotopic (exact) mass is 587 g/mol. The Bertz CT molecular complexity index is 1280. The zero-order valence-electron chi connectivity index (χ0n) is 23.0. The average molecular weight is 588 g/mol. The number of amides is 2. The van der Waals surface area contributed by atoms with Crippen LogP contribution in [-0.2, 0) is 38.2 Å². The van der Waals surface area contributed by atoms with E-state index < -0.39 is 22.1 Å². The van der Waals surface area contributed by atoms with Crippen molar-refractivity contribution in [2.45, 2.75) is 88.5 Å². The summed E-state index contributed by atoms with van der Waals surface area (Å²) < 4.78 is 29.1. The lowest BCUT2D eigenvalue weighted by Gasteiger charge is -2.32. The fourth-order valence-corrected chi connectivity index (χ4v) is 8.74. The van der Waals surface area contributed by atoms with E-state index in [-0.39, 0.29) is 23.5 Å². The summed E-state index contributed by atoms with van der Waals surface area (Å²) in [6.45, 7) is 0.993. The number of thiazole rings is 1. The number of carbonyl (C=O) groups is 2. The number of rotatable bonds is 10. The highest BCUT2D eigenvalue weighted by molar-refractivity contribution is 7.88. The van der Waals surface area contributed by atoms with Crippen molar-refractivity contribution >= 4 is 38.3 Å². The van der Waals surface area contributed by atoms with Crippen LogP contribution in [0, 0.1) is 11.8 Å². The van der Waals surface area contributed by atoms with Crippen molar-refractivity contribution in [3.05, 3.63) is 46.5 Å². The Kier molecular flexibility index (Phi) is 9.42. The van der Waals surface area contributed by atoms with E-state index in [1.54, 1.807) is 28.4 Å². The molecule has 1 aliphatic heterocycles. The van der Waals surface area contributed by atoms with Crippen LogP contribution in [-0.4, -0.2) is 55.3 Å². The molecule has 2 amide bonds. The van der Waals surface area contributed by atoms with Crippen LogP contribution in [0.25, 0.3) is 0 Å². The second kappa shape index (κ2) is 13.0. The summed E-state index contributed by atoms with van der Waals surface area (Å²) in [5.41, 5.74) is 7.58. The van der Waals surface area contributed by atoms with E-state index in [0.717, 1.165) is 57.1 Å². The first kappa shape index (κ1) is 29.0. The Morgan fingerprint density at radius 3 is 2.60 bits per heavy atom. The lowest BCUT2D eigenvalue weighted by molar-refractivity contribution is -0.140. The molecule has 0 bridgehead atoms. The van der Waals surface area contributed by atoms with Gasteiger partial charge in [-0.25, -0.2) is 18.1 Å². The number of carbonyl (C=O) groups excluding carboxylic acids is 2. The van der Waals surface area contributed by atoms with Crippen molar-refractivity contribution in [3.63, 3.8) is 0 Å². The van der Waals surface area contributed by atoms with E-state index in [1.807, 2.05) is 18.2 Å². The predicted molar refractivity (Wildman–Crippen MR) is 157 cm³/mol. The second-order valence-corrected chi connectivity index (χ2v) is 14.5. The summed E-state index contributed by atoms with van der Waals surface area (Å²) in [4.78, 5) is 34.5. The molecule has 9 nitrogen and oxygen atoms in total. The number of nitrogen functional groups attached to an aromatic ring is 1. The molecule has 1 aromatic heterocycles. The van der Waals surface area contributed by atoms with Crippen molar-refractivity contribution in [1.29, 1.82) is 0 Å². The number of aryl methyl sites for hydroxylation is 1. The summed E-state index contributed by atoms with van der Waals surface area (Å²) in [5.74, 6) is -0.0293. The first-order valence-electron chi connectivity index (χ1n) is 14.6. The van der Waals surface area contributed by atoms with E-state index in [9.17, 15) is 18.0 Å². The Balaban J connectivity index is 1.23. The number of aromatic nitrogens is 1. The number of sulfonamides is 1.